The first-order valence-electron chi connectivity index (χ1n) is 6.76. The Bertz CT molecular complexity index is 224. The highest BCUT2D eigenvalue weighted by Crippen LogP contribution is 2.12. The predicted molar refractivity (Wildman–Crippen MR) is 74.0 cm³/mol. The van der Waals surface area contributed by atoms with E-state index in [-0.39, 0.29) is 11.9 Å². The molecule has 0 heterocycles. The van der Waals surface area contributed by atoms with Crippen LogP contribution in [0.25, 0.3) is 0 Å². The van der Waals surface area contributed by atoms with Gasteiger partial charge in [0.1, 0.15) is 0 Å². The van der Waals surface area contributed by atoms with Crippen LogP contribution in [0.3, 0.4) is 0 Å². The maximum Gasteiger partial charge on any atom is 0.239 e. The van der Waals surface area contributed by atoms with Crippen LogP contribution in [0.5, 0.6) is 0 Å². The van der Waals surface area contributed by atoms with Crippen molar-refractivity contribution in [2.75, 3.05) is 14.1 Å². The lowest BCUT2D eigenvalue weighted by Crippen LogP contribution is -2.49. The molecule has 0 saturated carbocycles. The molecule has 17 heavy (non-hydrogen) atoms. The summed E-state index contributed by atoms with van der Waals surface area (Å²) >= 11 is 0. The summed E-state index contributed by atoms with van der Waals surface area (Å²) in [6, 6.07) is 0.375. The van der Waals surface area contributed by atoms with E-state index < -0.39 is 0 Å². The molecule has 0 bridgehead atoms. The number of nitrogens with one attached hydrogen (secondary N) is 1. The second-order valence-electron chi connectivity index (χ2n) is 5.84. The van der Waals surface area contributed by atoms with Crippen molar-refractivity contribution in [1.82, 2.24) is 10.2 Å². The van der Waals surface area contributed by atoms with Crippen molar-refractivity contribution in [3.05, 3.63) is 0 Å². The highest BCUT2D eigenvalue weighted by atomic mass is 16.2. The maximum absolute atomic E-state index is 12.1. The molecule has 0 aliphatic rings. The van der Waals surface area contributed by atoms with E-state index in [1.807, 2.05) is 14.1 Å². The SMILES string of the molecule is CCC(NC(CC(C)C)C(=O)N(C)C)C(C)C. The van der Waals surface area contributed by atoms with Gasteiger partial charge in [-0.3, -0.25) is 4.79 Å². The number of likely N-dealkylation sites (N-methyl/N-ethyl adjacent to an activating group) is 1. The van der Waals surface area contributed by atoms with Gasteiger partial charge in [0.05, 0.1) is 6.04 Å². The molecule has 3 heteroatoms. The molecular weight excluding hydrogens is 212 g/mol. The molecule has 0 aliphatic carbocycles. The van der Waals surface area contributed by atoms with Crippen LogP contribution in [0.15, 0.2) is 0 Å². The average molecular weight is 242 g/mol. The van der Waals surface area contributed by atoms with Gasteiger partial charge in [0.15, 0.2) is 0 Å². The largest absolute Gasteiger partial charge is 0.347 e. The lowest BCUT2D eigenvalue weighted by molar-refractivity contribution is -0.131. The van der Waals surface area contributed by atoms with E-state index in [0.29, 0.717) is 17.9 Å². The van der Waals surface area contributed by atoms with E-state index in [2.05, 4.69) is 39.9 Å². The normalized spacial score (nSPS) is 15.1. The monoisotopic (exact) mass is 242 g/mol. The van der Waals surface area contributed by atoms with Crippen LogP contribution in [0.2, 0.25) is 0 Å². The van der Waals surface area contributed by atoms with Crippen LogP contribution in [0, 0.1) is 11.8 Å². The van der Waals surface area contributed by atoms with Crippen LogP contribution >= 0.6 is 0 Å². The summed E-state index contributed by atoms with van der Waals surface area (Å²) in [7, 11) is 3.65. The third kappa shape index (κ3) is 6.06. The van der Waals surface area contributed by atoms with Gasteiger partial charge < -0.3 is 10.2 Å². The van der Waals surface area contributed by atoms with E-state index in [0.717, 1.165) is 12.8 Å². The predicted octanol–water partition coefficient (Wildman–Crippen LogP) is 2.51. The Balaban J connectivity index is 4.63. The van der Waals surface area contributed by atoms with E-state index in [1.54, 1.807) is 4.90 Å². The van der Waals surface area contributed by atoms with Gasteiger partial charge >= 0.3 is 0 Å². The van der Waals surface area contributed by atoms with Crippen molar-refractivity contribution in [3.8, 4) is 0 Å². The maximum atomic E-state index is 12.1. The number of hydrogen-bond donors (Lipinski definition) is 1. The number of rotatable bonds is 7. The fourth-order valence-electron chi connectivity index (χ4n) is 2.06. The highest BCUT2D eigenvalue weighted by molar-refractivity contribution is 5.81. The van der Waals surface area contributed by atoms with E-state index in [4.69, 9.17) is 0 Å². The highest BCUT2D eigenvalue weighted by Gasteiger charge is 2.24. The third-order valence-electron chi connectivity index (χ3n) is 3.11. The van der Waals surface area contributed by atoms with E-state index in [1.165, 1.54) is 0 Å². The van der Waals surface area contributed by atoms with Crippen molar-refractivity contribution in [2.24, 2.45) is 11.8 Å². The molecule has 0 radical (unpaired) electrons. The second kappa shape index (κ2) is 7.70. The minimum Gasteiger partial charge on any atom is -0.347 e. The molecule has 102 valence electrons. The molecule has 2 atom stereocenters. The van der Waals surface area contributed by atoms with Crippen molar-refractivity contribution in [3.63, 3.8) is 0 Å². The number of hydrogen-bond acceptors (Lipinski definition) is 2. The van der Waals surface area contributed by atoms with Gasteiger partial charge in [-0.2, -0.15) is 0 Å². The molecule has 0 saturated heterocycles. The van der Waals surface area contributed by atoms with Gasteiger partial charge in [0.25, 0.3) is 0 Å². The summed E-state index contributed by atoms with van der Waals surface area (Å²) in [5.74, 6) is 1.28. The molecule has 0 aromatic carbocycles. The first-order chi connectivity index (χ1) is 7.79. The van der Waals surface area contributed by atoms with Crippen molar-refractivity contribution in [2.45, 2.75) is 59.5 Å². The molecule has 0 spiro atoms. The molecule has 3 nitrogen and oxygen atoms in total. The van der Waals surface area contributed by atoms with Gasteiger partial charge in [-0.15, -0.1) is 0 Å². The van der Waals surface area contributed by atoms with Gasteiger partial charge in [-0.25, -0.2) is 0 Å². The summed E-state index contributed by atoms with van der Waals surface area (Å²) in [5.41, 5.74) is 0. The quantitative estimate of drug-likeness (QED) is 0.744. The fraction of sp³-hybridized carbons (Fsp3) is 0.929. The zero-order chi connectivity index (χ0) is 13.6. The summed E-state index contributed by atoms with van der Waals surface area (Å²) in [6.07, 6.45) is 1.97. The second-order valence-corrected chi connectivity index (χ2v) is 5.84. The first kappa shape index (κ1) is 16.4. The summed E-state index contributed by atoms with van der Waals surface area (Å²) in [5, 5.41) is 3.52. The zero-order valence-corrected chi connectivity index (χ0v) is 12.6. The summed E-state index contributed by atoms with van der Waals surface area (Å²) in [4.78, 5) is 13.8. The van der Waals surface area contributed by atoms with Crippen LogP contribution in [-0.2, 0) is 4.79 Å². The minimum absolute atomic E-state index is 0.0441. The van der Waals surface area contributed by atoms with Gasteiger partial charge in [0, 0.05) is 20.1 Å². The van der Waals surface area contributed by atoms with Gasteiger partial charge in [-0.1, -0.05) is 34.6 Å². The lowest BCUT2D eigenvalue weighted by atomic mass is 9.97. The van der Waals surface area contributed by atoms with Crippen LogP contribution in [0.4, 0.5) is 0 Å². The van der Waals surface area contributed by atoms with Crippen LogP contribution in [0.1, 0.15) is 47.5 Å². The zero-order valence-electron chi connectivity index (χ0n) is 12.6. The number of amides is 1. The number of carbonyl (C=O) groups is 1. The molecule has 0 rings (SSSR count). The Morgan fingerprint density at radius 2 is 1.71 bits per heavy atom. The Morgan fingerprint density at radius 3 is 2.00 bits per heavy atom. The molecule has 1 N–H and O–H groups in total. The fourth-order valence-corrected chi connectivity index (χ4v) is 2.06. The number of carbonyl (C=O) groups excluding carboxylic acids is 1. The van der Waals surface area contributed by atoms with Crippen LogP contribution < -0.4 is 5.32 Å². The Kier molecular flexibility index (Phi) is 7.44. The minimum atomic E-state index is -0.0441. The molecule has 0 aromatic heterocycles. The Labute approximate surface area is 107 Å². The summed E-state index contributed by atoms with van der Waals surface area (Å²) < 4.78 is 0. The molecular formula is C14H30N2O. The van der Waals surface area contributed by atoms with Crippen molar-refractivity contribution < 1.29 is 4.79 Å². The molecule has 2 unspecified atom stereocenters. The Hall–Kier alpha value is -0.570. The topological polar surface area (TPSA) is 32.3 Å². The van der Waals surface area contributed by atoms with Crippen LogP contribution in [-0.4, -0.2) is 37.0 Å². The van der Waals surface area contributed by atoms with Gasteiger partial charge in [-0.05, 0) is 24.7 Å². The standard InChI is InChI=1S/C14H30N2O/c1-8-12(11(4)5)15-13(9-10(2)3)14(17)16(6)7/h10-13,15H,8-9H2,1-7H3. The van der Waals surface area contributed by atoms with Crippen molar-refractivity contribution in [1.29, 1.82) is 0 Å². The van der Waals surface area contributed by atoms with Gasteiger partial charge in [0.2, 0.25) is 5.91 Å². The Morgan fingerprint density at radius 1 is 1.18 bits per heavy atom. The number of nitrogens with zero attached hydrogens (tertiary/aromatic N) is 1. The summed E-state index contributed by atoms with van der Waals surface area (Å²) in [6.45, 7) is 10.9. The average Bonchev–Trinajstić information content (AvgIpc) is 2.21. The third-order valence-corrected chi connectivity index (χ3v) is 3.11. The molecule has 0 fully saturated rings. The van der Waals surface area contributed by atoms with Crippen molar-refractivity contribution >= 4 is 5.91 Å². The smallest absolute Gasteiger partial charge is 0.239 e. The molecule has 0 aliphatic heterocycles. The van der Waals surface area contributed by atoms with E-state index in [9.17, 15) is 4.79 Å². The van der Waals surface area contributed by atoms with E-state index >= 15 is 0 Å². The molecule has 1 amide bonds. The molecule has 0 aromatic rings. The lowest BCUT2D eigenvalue weighted by Gasteiger charge is -2.29. The first-order valence-corrected chi connectivity index (χ1v) is 6.76.